The quantitative estimate of drug-likeness (QED) is 0.527. The van der Waals surface area contributed by atoms with Crippen LogP contribution in [0.15, 0.2) is 18.3 Å². The molecule has 0 aliphatic heterocycles. The number of rotatable bonds is 5. The van der Waals surface area contributed by atoms with Crippen LogP contribution in [-0.2, 0) is 11.8 Å². The zero-order chi connectivity index (χ0) is 11.1. The Hall–Kier alpha value is -1.62. The minimum absolute atomic E-state index is 0.0890. The van der Waals surface area contributed by atoms with E-state index in [9.17, 15) is 4.79 Å². The Morgan fingerprint density at radius 1 is 1.73 bits per heavy atom. The summed E-state index contributed by atoms with van der Waals surface area (Å²) < 4.78 is 1.68. The van der Waals surface area contributed by atoms with Gasteiger partial charge < -0.3 is 10.4 Å². The molecule has 1 aromatic rings. The highest BCUT2D eigenvalue weighted by atomic mass is 16.3. The van der Waals surface area contributed by atoms with Crippen molar-refractivity contribution in [2.24, 2.45) is 7.05 Å². The van der Waals surface area contributed by atoms with Crippen molar-refractivity contribution in [2.75, 3.05) is 13.2 Å². The van der Waals surface area contributed by atoms with Crippen LogP contribution in [0.25, 0.3) is 6.08 Å². The molecule has 82 valence electrons. The molecule has 0 aromatic carbocycles. The fraction of sp³-hybridized carbons (Fsp3) is 0.400. The molecule has 0 saturated carbocycles. The van der Waals surface area contributed by atoms with Gasteiger partial charge in [0.25, 0.3) is 0 Å². The van der Waals surface area contributed by atoms with E-state index in [1.54, 1.807) is 17.0 Å². The summed E-state index contributed by atoms with van der Waals surface area (Å²) >= 11 is 0. The lowest BCUT2D eigenvalue weighted by Gasteiger charge is -1.99. The normalized spacial score (nSPS) is 10.8. The van der Waals surface area contributed by atoms with Crippen molar-refractivity contribution in [1.82, 2.24) is 15.1 Å². The van der Waals surface area contributed by atoms with E-state index >= 15 is 0 Å². The fourth-order valence-corrected chi connectivity index (χ4v) is 1.06. The molecule has 0 spiro atoms. The zero-order valence-electron chi connectivity index (χ0n) is 8.68. The van der Waals surface area contributed by atoms with Crippen molar-refractivity contribution in [3.63, 3.8) is 0 Å². The average Bonchev–Trinajstić information content (AvgIpc) is 2.61. The number of aromatic nitrogens is 2. The van der Waals surface area contributed by atoms with Crippen LogP contribution in [0.4, 0.5) is 0 Å². The molecule has 5 nitrogen and oxygen atoms in total. The first-order valence-electron chi connectivity index (χ1n) is 4.79. The lowest BCUT2D eigenvalue weighted by atomic mass is 10.3. The molecular weight excluding hydrogens is 194 g/mol. The number of nitrogens with zero attached hydrogens (tertiary/aromatic N) is 2. The van der Waals surface area contributed by atoms with E-state index in [0.29, 0.717) is 13.0 Å². The second kappa shape index (κ2) is 5.98. The first-order valence-corrected chi connectivity index (χ1v) is 4.79. The summed E-state index contributed by atoms with van der Waals surface area (Å²) in [6.45, 7) is 0.580. The van der Waals surface area contributed by atoms with Gasteiger partial charge in [0.1, 0.15) is 0 Å². The van der Waals surface area contributed by atoms with Crippen molar-refractivity contribution in [1.29, 1.82) is 0 Å². The topological polar surface area (TPSA) is 67.2 Å². The number of amides is 1. The number of carbonyl (C=O) groups excluding carboxylic acids is 1. The van der Waals surface area contributed by atoms with Crippen LogP contribution in [0.2, 0.25) is 0 Å². The Morgan fingerprint density at radius 3 is 3.13 bits per heavy atom. The van der Waals surface area contributed by atoms with Crippen LogP contribution in [0.1, 0.15) is 12.1 Å². The maximum Gasteiger partial charge on any atom is 0.244 e. The maximum atomic E-state index is 11.2. The molecule has 0 unspecified atom stereocenters. The molecule has 0 fully saturated rings. The molecule has 0 bridgehead atoms. The van der Waals surface area contributed by atoms with Crippen LogP contribution in [0, 0.1) is 0 Å². The van der Waals surface area contributed by atoms with Crippen LogP contribution >= 0.6 is 0 Å². The summed E-state index contributed by atoms with van der Waals surface area (Å²) in [7, 11) is 1.81. The van der Waals surface area contributed by atoms with E-state index in [0.717, 1.165) is 5.69 Å². The van der Waals surface area contributed by atoms with E-state index in [4.69, 9.17) is 5.11 Å². The van der Waals surface area contributed by atoms with Gasteiger partial charge in [-0.3, -0.25) is 9.48 Å². The Kier molecular flexibility index (Phi) is 4.56. The smallest absolute Gasteiger partial charge is 0.244 e. The number of aliphatic hydroxyl groups excluding tert-OH is 1. The van der Waals surface area contributed by atoms with Crippen molar-refractivity contribution in [3.05, 3.63) is 24.0 Å². The molecule has 0 aliphatic carbocycles. The molecule has 1 amide bonds. The summed E-state index contributed by atoms with van der Waals surface area (Å²) in [4.78, 5) is 11.2. The fourth-order valence-electron chi connectivity index (χ4n) is 1.06. The molecular formula is C10H15N3O2. The third-order valence-corrected chi connectivity index (χ3v) is 1.90. The Labute approximate surface area is 88.4 Å². The van der Waals surface area contributed by atoms with Gasteiger partial charge in [0.2, 0.25) is 5.91 Å². The minimum atomic E-state index is -0.162. The Morgan fingerprint density at radius 2 is 2.53 bits per heavy atom. The first kappa shape index (κ1) is 11.5. The third-order valence-electron chi connectivity index (χ3n) is 1.90. The molecule has 0 atom stereocenters. The van der Waals surface area contributed by atoms with Crippen molar-refractivity contribution in [3.8, 4) is 0 Å². The molecule has 0 aliphatic rings. The van der Waals surface area contributed by atoms with Crippen molar-refractivity contribution in [2.45, 2.75) is 6.42 Å². The second-order valence-corrected chi connectivity index (χ2v) is 3.08. The maximum absolute atomic E-state index is 11.2. The van der Waals surface area contributed by atoms with Gasteiger partial charge in [-0.15, -0.1) is 0 Å². The standard InChI is InChI=1S/C10H15N3O2/c1-13-9(5-7-12-13)3-4-10(15)11-6-2-8-14/h3-5,7,14H,2,6,8H2,1H3,(H,11,15)/b4-3+. The predicted molar refractivity (Wildman–Crippen MR) is 57.0 cm³/mol. The van der Waals surface area contributed by atoms with E-state index in [2.05, 4.69) is 10.4 Å². The second-order valence-electron chi connectivity index (χ2n) is 3.08. The highest BCUT2D eigenvalue weighted by Crippen LogP contribution is 1.98. The first-order chi connectivity index (χ1) is 7.24. The van der Waals surface area contributed by atoms with Gasteiger partial charge in [-0.1, -0.05) is 0 Å². The molecule has 1 heterocycles. The molecule has 2 N–H and O–H groups in total. The lowest BCUT2D eigenvalue weighted by molar-refractivity contribution is -0.116. The molecule has 0 radical (unpaired) electrons. The molecule has 15 heavy (non-hydrogen) atoms. The average molecular weight is 209 g/mol. The number of hydrogen-bond acceptors (Lipinski definition) is 3. The van der Waals surface area contributed by atoms with Crippen LogP contribution < -0.4 is 5.32 Å². The highest BCUT2D eigenvalue weighted by molar-refractivity contribution is 5.91. The largest absolute Gasteiger partial charge is 0.396 e. The van der Waals surface area contributed by atoms with Gasteiger partial charge in [-0.2, -0.15) is 5.10 Å². The summed E-state index contributed by atoms with van der Waals surface area (Å²) in [5.41, 5.74) is 0.868. The monoisotopic (exact) mass is 209 g/mol. The van der Waals surface area contributed by atoms with Crippen LogP contribution in [0.3, 0.4) is 0 Å². The molecule has 5 heteroatoms. The minimum Gasteiger partial charge on any atom is -0.396 e. The third kappa shape index (κ3) is 3.95. The Bertz CT molecular complexity index is 344. The SMILES string of the molecule is Cn1nccc1/C=C/C(=O)NCCCO. The van der Waals surface area contributed by atoms with Gasteiger partial charge in [0.05, 0.1) is 5.69 Å². The summed E-state index contributed by atoms with van der Waals surface area (Å²) in [6.07, 6.45) is 5.39. The van der Waals surface area contributed by atoms with Crippen molar-refractivity contribution < 1.29 is 9.90 Å². The molecule has 1 aromatic heterocycles. The summed E-state index contributed by atoms with van der Waals surface area (Å²) in [5, 5.41) is 15.1. The molecule has 0 saturated heterocycles. The highest BCUT2D eigenvalue weighted by Gasteiger charge is 1.96. The number of aliphatic hydroxyl groups is 1. The number of aryl methyl sites for hydroxylation is 1. The Balaban J connectivity index is 2.38. The lowest BCUT2D eigenvalue weighted by Crippen LogP contribution is -2.22. The van der Waals surface area contributed by atoms with E-state index < -0.39 is 0 Å². The summed E-state index contributed by atoms with van der Waals surface area (Å²) in [6, 6.07) is 1.82. The number of nitrogens with one attached hydrogen (secondary N) is 1. The van der Waals surface area contributed by atoms with Crippen molar-refractivity contribution >= 4 is 12.0 Å². The number of carbonyl (C=O) groups is 1. The predicted octanol–water partition coefficient (Wildman–Crippen LogP) is -0.0681. The molecule has 1 rings (SSSR count). The van der Waals surface area contributed by atoms with Gasteiger partial charge >= 0.3 is 0 Å². The van der Waals surface area contributed by atoms with E-state index in [1.165, 1.54) is 6.08 Å². The zero-order valence-corrected chi connectivity index (χ0v) is 8.68. The van der Waals surface area contributed by atoms with Gasteiger partial charge in [0, 0.05) is 32.5 Å². The number of hydrogen-bond donors (Lipinski definition) is 2. The summed E-state index contributed by atoms with van der Waals surface area (Å²) in [5.74, 6) is -0.162. The van der Waals surface area contributed by atoms with E-state index in [-0.39, 0.29) is 12.5 Å². The van der Waals surface area contributed by atoms with Crippen LogP contribution in [0.5, 0.6) is 0 Å². The van der Waals surface area contributed by atoms with Gasteiger partial charge in [-0.05, 0) is 18.6 Å². The van der Waals surface area contributed by atoms with E-state index in [1.807, 2.05) is 13.1 Å². The van der Waals surface area contributed by atoms with Gasteiger partial charge in [-0.25, -0.2) is 0 Å². The van der Waals surface area contributed by atoms with Crippen LogP contribution in [-0.4, -0.2) is 33.9 Å². The van der Waals surface area contributed by atoms with Gasteiger partial charge in [0.15, 0.2) is 0 Å².